The number of pyridine rings is 2. The molecule has 0 radical (unpaired) electrons. The van der Waals surface area contributed by atoms with Gasteiger partial charge < -0.3 is 29.9 Å². The lowest BCUT2D eigenvalue weighted by Crippen LogP contribution is -2.49. The van der Waals surface area contributed by atoms with Crippen molar-refractivity contribution < 1.29 is 24.5 Å². The lowest BCUT2D eigenvalue weighted by molar-refractivity contribution is -0.180. The highest BCUT2D eigenvalue weighted by molar-refractivity contribution is 6.04. The number of rotatable bonds is 7. The Morgan fingerprint density at radius 1 is 1.31 bits per heavy atom. The van der Waals surface area contributed by atoms with Crippen molar-refractivity contribution in [2.24, 2.45) is 0 Å². The lowest BCUT2D eigenvalue weighted by Gasteiger charge is -2.36. The number of hydrogen-bond donors (Lipinski definition) is 3. The highest BCUT2D eigenvalue weighted by Crippen LogP contribution is 2.33. The number of aliphatic hydroxyl groups is 2. The minimum absolute atomic E-state index is 0.342. The molecule has 1 saturated heterocycles. The molecular weight excluding hydrogens is 462 g/mol. The summed E-state index contributed by atoms with van der Waals surface area (Å²) < 4.78 is 12.6. The summed E-state index contributed by atoms with van der Waals surface area (Å²) in [6.45, 7) is 5.90. The molecule has 2 aliphatic rings. The van der Waals surface area contributed by atoms with Crippen LogP contribution in [0.1, 0.15) is 49.0 Å². The molecule has 0 aliphatic carbocycles. The fraction of sp³-hybridized carbons (Fsp3) is 0.423. The van der Waals surface area contributed by atoms with Crippen LogP contribution in [0.4, 0.5) is 5.69 Å². The van der Waals surface area contributed by atoms with Crippen LogP contribution in [-0.4, -0.2) is 61.5 Å². The number of anilines is 1. The largest absolute Gasteiger partial charge is 0.472 e. The van der Waals surface area contributed by atoms with E-state index in [9.17, 15) is 15.0 Å². The standard InChI is InChI=1S/C26H31N5O5/c1-16-9-17(6-8-27-16)24-30(4)22(13-36-24)23(32)28-21-11-19-10-18(5-7-26(34)14-35-15-26)29-31(19)12-20(21)25(2,3)33/h6,8-13,24,33-34H,5,7,14-15H2,1-4H3,(H,28,32). The smallest absolute Gasteiger partial charge is 0.275 e. The summed E-state index contributed by atoms with van der Waals surface area (Å²) >= 11 is 0. The first-order valence-electron chi connectivity index (χ1n) is 11.9. The molecule has 0 bridgehead atoms. The van der Waals surface area contributed by atoms with Crippen LogP contribution >= 0.6 is 0 Å². The second-order valence-electron chi connectivity index (χ2n) is 10.2. The summed E-state index contributed by atoms with van der Waals surface area (Å²) in [4.78, 5) is 19.3. The summed E-state index contributed by atoms with van der Waals surface area (Å²) in [5.41, 5.74) is 2.67. The van der Waals surface area contributed by atoms with E-state index in [2.05, 4.69) is 15.4 Å². The average Bonchev–Trinajstić information content (AvgIpc) is 3.37. The van der Waals surface area contributed by atoms with E-state index in [0.29, 0.717) is 43.0 Å². The zero-order chi connectivity index (χ0) is 25.7. The Kier molecular flexibility index (Phi) is 5.98. The van der Waals surface area contributed by atoms with Gasteiger partial charge in [0.2, 0.25) is 0 Å². The van der Waals surface area contributed by atoms with E-state index in [0.717, 1.165) is 22.5 Å². The second kappa shape index (κ2) is 8.88. The normalized spacial score (nSPS) is 19.1. The zero-order valence-electron chi connectivity index (χ0n) is 20.9. The van der Waals surface area contributed by atoms with Crippen molar-refractivity contribution in [3.05, 3.63) is 71.1 Å². The predicted octanol–water partition coefficient (Wildman–Crippen LogP) is 2.40. The van der Waals surface area contributed by atoms with Gasteiger partial charge in [0.05, 0.1) is 35.7 Å². The van der Waals surface area contributed by atoms with Crippen LogP contribution in [-0.2, 0) is 26.3 Å². The maximum absolute atomic E-state index is 13.3. The van der Waals surface area contributed by atoms with Gasteiger partial charge in [0, 0.05) is 36.3 Å². The first kappa shape index (κ1) is 24.2. The summed E-state index contributed by atoms with van der Waals surface area (Å²) in [5, 5.41) is 28.7. The van der Waals surface area contributed by atoms with Gasteiger partial charge in [-0.3, -0.25) is 9.78 Å². The summed E-state index contributed by atoms with van der Waals surface area (Å²) in [6.07, 6.45) is 5.59. The zero-order valence-corrected chi connectivity index (χ0v) is 20.9. The fourth-order valence-electron chi connectivity index (χ4n) is 4.50. The van der Waals surface area contributed by atoms with Gasteiger partial charge in [-0.15, -0.1) is 0 Å². The van der Waals surface area contributed by atoms with E-state index < -0.39 is 17.4 Å². The van der Waals surface area contributed by atoms with Crippen LogP contribution < -0.4 is 5.32 Å². The van der Waals surface area contributed by atoms with Gasteiger partial charge in [0.1, 0.15) is 17.6 Å². The number of carbonyl (C=O) groups is 1. The molecule has 1 unspecified atom stereocenters. The molecule has 3 N–H and O–H groups in total. The van der Waals surface area contributed by atoms with Gasteiger partial charge in [-0.25, -0.2) is 4.52 Å². The van der Waals surface area contributed by atoms with Crippen molar-refractivity contribution in [1.82, 2.24) is 19.5 Å². The molecule has 0 spiro atoms. The van der Waals surface area contributed by atoms with E-state index in [-0.39, 0.29) is 5.91 Å². The number of fused-ring (bicyclic) bond motifs is 1. The van der Waals surface area contributed by atoms with Gasteiger partial charge in [-0.1, -0.05) is 0 Å². The Morgan fingerprint density at radius 2 is 2.08 bits per heavy atom. The Hall–Kier alpha value is -3.47. The summed E-state index contributed by atoms with van der Waals surface area (Å²) in [7, 11) is 1.79. The third-order valence-corrected chi connectivity index (χ3v) is 6.62. The van der Waals surface area contributed by atoms with Crippen molar-refractivity contribution >= 4 is 17.1 Å². The Balaban J connectivity index is 1.37. The Morgan fingerprint density at radius 3 is 2.75 bits per heavy atom. The Labute approximate surface area is 209 Å². The highest BCUT2D eigenvalue weighted by Gasteiger charge is 2.36. The lowest BCUT2D eigenvalue weighted by atomic mass is 9.95. The molecule has 5 rings (SSSR count). The van der Waals surface area contributed by atoms with Crippen molar-refractivity contribution in [1.29, 1.82) is 0 Å². The molecule has 1 atom stereocenters. The number of nitrogens with one attached hydrogen (secondary N) is 1. The van der Waals surface area contributed by atoms with Crippen LogP contribution in [0.3, 0.4) is 0 Å². The van der Waals surface area contributed by atoms with Crippen LogP contribution in [0.5, 0.6) is 0 Å². The quantitative estimate of drug-likeness (QED) is 0.459. The number of aryl methyl sites for hydroxylation is 2. The molecule has 5 heterocycles. The molecule has 3 aromatic rings. The van der Waals surface area contributed by atoms with Crippen molar-refractivity contribution in [3.8, 4) is 0 Å². The summed E-state index contributed by atoms with van der Waals surface area (Å²) in [6, 6.07) is 7.49. The van der Waals surface area contributed by atoms with Gasteiger partial charge in [-0.2, -0.15) is 5.10 Å². The molecule has 36 heavy (non-hydrogen) atoms. The molecular formula is C26H31N5O5. The second-order valence-corrected chi connectivity index (χ2v) is 10.2. The number of ether oxygens (including phenoxy) is 2. The molecule has 3 aromatic heterocycles. The number of carbonyl (C=O) groups excluding carboxylic acids is 1. The maximum atomic E-state index is 13.3. The van der Waals surface area contributed by atoms with Crippen LogP contribution in [0.15, 0.2) is 48.6 Å². The molecule has 190 valence electrons. The predicted molar refractivity (Wildman–Crippen MR) is 132 cm³/mol. The Bertz CT molecular complexity index is 1340. The van der Waals surface area contributed by atoms with Crippen molar-refractivity contribution in [2.45, 2.75) is 51.0 Å². The molecule has 0 aromatic carbocycles. The van der Waals surface area contributed by atoms with E-state index in [1.54, 1.807) is 48.8 Å². The van der Waals surface area contributed by atoms with Gasteiger partial charge in [-0.05, 0) is 57.9 Å². The van der Waals surface area contributed by atoms with E-state index in [1.165, 1.54) is 6.26 Å². The fourth-order valence-corrected chi connectivity index (χ4v) is 4.50. The molecule has 1 fully saturated rings. The number of nitrogens with zero attached hydrogens (tertiary/aromatic N) is 4. The van der Waals surface area contributed by atoms with Crippen LogP contribution in [0.25, 0.3) is 5.52 Å². The van der Waals surface area contributed by atoms with Crippen LogP contribution in [0, 0.1) is 6.92 Å². The average molecular weight is 494 g/mol. The molecule has 0 saturated carbocycles. The minimum Gasteiger partial charge on any atom is -0.472 e. The first-order valence-corrected chi connectivity index (χ1v) is 11.9. The van der Waals surface area contributed by atoms with Gasteiger partial charge in [0.15, 0.2) is 6.23 Å². The maximum Gasteiger partial charge on any atom is 0.275 e. The molecule has 10 nitrogen and oxygen atoms in total. The van der Waals surface area contributed by atoms with Gasteiger partial charge in [0.25, 0.3) is 5.91 Å². The van der Waals surface area contributed by atoms with E-state index in [4.69, 9.17) is 9.47 Å². The highest BCUT2D eigenvalue weighted by atomic mass is 16.5. The minimum atomic E-state index is -1.23. The first-order chi connectivity index (χ1) is 17.0. The van der Waals surface area contributed by atoms with E-state index >= 15 is 0 Å². The molecule has 1 amide bonds. The topological polar surface area (TPSA) is 121 Å². The van der Waals surface area contributed by atoms with Crippen LogP contribution in [0.2, 0.25) is 0 Å². The third-order valence-electron chi connectivity index (χ3n) is 6.62. The number of hydrogen-bond acceptors (Lipinski definition) is 8. The molecule has 2 aliphatic heterocycles. The van der Waals surface area contributed by atoms with Crippen molar-refractivity contribution in [3.63, 3.8) is 0 Å². The number of aromatic nitrogens is 3. The third kappa shape index (κ3) is 4.67. The van der Waals surface area contributed by atoms with E-state index in [1.807, 2.05) is 25.1 Å². The summed E-state index contributed by atoms with van der Waals surface area (Å²) in [5.74, 6) is -0.354. The number of amides is 1. The number of likely N-dealkylation sites (N-methyl/N-ethyl adjacent to an activating group) is 1. The molecule has 10 heteroatoms. The van der Waals surface area contributed by atoms with Gasteiger partial charge >= 0.3 is 0 Å². The van der Waals surface area contributed by atoms with Crippen molar-refractivity contribution in [2.75, 3.05) is 25.6 Å². The SMILES string of the molecule is Cc1cc(C2OC=C(C(=O)Nc3cc4cc(CCC5(O)COC5)nn4cc3C(C)(C)O)N2C)ccn1. The monoisotopic (exact) mass is 493 g/mol.